The van der Waals surface area contributed by atoms with E-state index in [-0.39, 0.29) is 5.56 Å². The van der Waals surface area contributed by atoms with Crippen LogP contribution in [-0.4, -0.2) is 30.4 Å². The zero-order valence-electron chi connectivity index (χ0n) is 11.7. The van der Waals surface area contributed by atoms with E-state index >= 15 is 0 Å². The van der Waals surface area contributed by atoms with Crippen molar-refractivity contribution in [3.8, 4) is 0 Å². The predicted molar refractivity (Wildman–Crippen MR) is 84.4 cm³/mol. The number of nitrogens with one attached hydrogen (secondary N) is 2. The van der Waals surface area contributed by atoms with Gasteiger partial charge in [-0.3, -0.25) is 4.79 Å². The van der Waals surface area contributed by atoms with Gasteiger partial charge in [-0.15, -0.1) is 0 Å². The second kappa shape index (κ2) is 5.04. The molecule has 0 unspecified atom stereocenters. The van der Waals surface area contributed by atoms with Gasteiger partial charge in [0.25, 0.3) is 5.56 Å². The van der Waals surface area contributed by atoms with E-state index in [0.717, 1.165) is 5.56 Å². The van der Waals surface area contributed by atoms with Gasteiger partial charge in [-0.25, -0.2) is 5.10 Å². The van der Waals surface area contributed by atoms with Gasteiger partial charge in [0.15, 0.2) is 0 Å². The summed E-state index contributed by atoms with van der Waals surface area (Å²) in [6.07, 6.45) is 0. The fraction of sp³-hybridized carbons (Fsp3) is 0.154. The summed E-state index contributed by atoms with van der Waals surface area (Å²) < 4.78 is 1.56. The Balaban J connectivity index is 2.05. The Morgan fingerprint density at radius 1 is 1.30 bits per heavy atom. The Kier molecular flexibility index (Phi) is 3.10. The summed E-state index contributed by atoms with van der Waals surface area (Å²) in [4.78, 5) is 12.2. The van der Waals surface area contributed by atoms with Gasteiger partial charge in [0, 0.05) is 21.2 Å². The van der Waals surface area contributed by atoms with E-state index in [9.17, 15) is 4.79 Å². The Hall–Kier alpha value is -2.45. The molecule has 0 spiro atoms. The molecule has 0 aliphatic carbocycles. The molecule has 1 aliphatic rings. The van der Waals surface area contributed by atoms with Gasteiger partial charge in [-0.1, -0.05) is 34.4 Å². The third-order valence-corrected chi connectivity index (χ3v) is 4.28. The van der Waals surface area contributed by atoms with Crippen molar-refractivity contribution in [3.63, 3.8) is 0 Å². The number of fused-ring (bicyclic) bond motifs is 2. The number of aryl methyl sites for hydroxylation is 1. The number of anilines is 2. The minimum absolute atomic E-state index is 0.351. The zero-order valence-corrected chi connectivity index (χ0v) is 13.2. The first-order chi connectivity index (χ1) is 11.1. The van der Waals surface area contributed by atoms with E-state index < -0.39 is 6.04 Å². The van der Waals surface area contributed by atoms with E-state index in [1.807, 2.05) is 0 Å². The summed E-state index contributed by atoms with van der Waals surface area (Å²) in [5, 5.41) is 22.0. The lowest BCUT2D eigenvalue weighted by molar-refractivity contribution is 0.562. The molecular formula is C13H9Cl2N7O. The summed E-state index contributed by atoms with van der Waals surface area (Å²) in [6.45, 7) is 1.79. The average Bonchev–Trinajstić information content (AvgIpc) is 2.98. The predicted octanol–water partition coefficient (Wildman–Crippen LogP) is 2.07. The van der Waals surface area contributed by atoms with Gasteiger partial charge in [0.05, 0.1) is 5.69 Å². The number of tetrazole rings is 1. The second-order valence-electron chi connectivity index (χ2n) is 5.07. The van der Waals surface area contributed by atoms with E-state index in [1.54, 1.807) is 29.8 Å². The van der Waals surface area contributed by atoms with E-state index in [0.29, 0.717) is 32.9 Å². The molecule has 2 aromatic heterocycles. The molecule has 0 saturated carbocycles. The highest BCUT2D eigenvalue weighted by molar-refractivity contribution is 6.35. The second-order valence-corrected chi connectivity index (χ2v) is 5.91. The number of nitrogens with zero attached hydrogens (tertiary/aromatic N) is 5. The molecule has 0 bridgehead atoms. The number of hydrogen-bond donors (Lipinski definition) is 2. The minimum atomic E-state index is -0.476. The molecule has 1 atom stereocenters. The highest BCUT2D eigenvalue weighted by Crippen LogP contribution is 2.40. The van der Waals surface area contributed by atoms with Crippen molar-refractivity contribution in [3.05, 3.63) is 55.4 Å². The minimum Gasteiger partial charge on any atom is -0.318 e. The maximum Gasteiger partial charge on any atom is 0.288 e. The van der Waals surface area contributed by atoms with E-state index in [2.05, 4.69) is 31.0 Å². The van der Waals surface area contributed by atoms with Crippen LogP contribution in [-0.2, 0) is 0 Å². The summed E-state index contributed by atoms with van der Waals surface area (Å²) in [5.74, 6) is 0.351. The number of aromatic nitrogens is 6. The van der Waals surface area contributed by atoms with Crippen LogP contribution in [0.2, 0.25) is 10.0 Å². The number of rotatable bonds is 1. The van der Waals surface area contributed by atoms with Crippen molar-refractivity contribution in [2.45, 2.75) is 13.0 Å². The maximum absolute atomic E-state index is 12.2. The summed E-state index contributed by atoms with van der Waals surface area (Å²) in [7, 11) is 0. The van der Waals surface area contributed by atoms with E-state index in [4.69, 9.17) is 23.2 Å². The molecular weight excluding hydrogens is 341 g/mol. The average molecular weight is 350 g/mol. The van der Waals surface area contributed by atoms with Crippen LogP contribution < -0.4 is 10.9 Å². The van der Waals surface area contributed by atoms with Crippen LogP contribution in [0, 0.1) is 6.92 Å². The van der Waals surface area contributed by atoms with Crippen LogP contribution in [0.5, 0.6) is 0 Å². The quantitative estimate of drug-likeness (QED) is 0.545. The zero-order chi connectivity index (χ0) is 16.1. The van der Waals surface area contributed by atoms with Gasteiger partial charge < -0.3 is 5.32 Å². The number of hydrogen-bond acceptors (Lipinski definition) is 6. The molecule has 8 nitrogen and oxygen atoms in total. The highest BCUT2D eigenvalue weighted by atomic mass is 35.5. The van der Waals surface area contributed by atoms with Crippen molar-refractivity contribution >= 4 is 34.8 Å². The number of H-pyrrole nitrogens is 1. The van der Waals surface area contributed by atoms with Crippen molar-refractivity contribution in [2.24, 2.45) is 0 Å². The van der Waals surface area contributed by atoms with Gasteiger partial charge in [-0.2, -0.15) is 9.78 Å². The molecule has 0 saturated heterocycles. The lowest BCUT2D eigenvalue weighted by atomic mass is 9.95. The molecule has 0 fully saturated rings. The molecule has 1 aromatic carbocycles. The van der Waals surface area contributed by atoms with Crippen molar-refractivity contribution in [1.82, 2.24) is 30.4 Å². The summed E-state index contributed by atoms with van der Waals surface area (Å²) in [5.41, 5.74) is 2.04. The smallest absolute Gasteiger partial charge is 0.288 e. The van der Waals surface area contributed by atoms with Crippen LogP contribution in [0.3, 0.4) is 0 Å². The van der Waals surface area contributed by atoms with Crippen LogP contribution >= 0.6 is 23.2 Å². The third-order valence-electron chi connectivity index (χ3n) is 3.72. The molecule has 23 heavy (non-hydrogen) atoms. The van der Waals surface area contributed by atoms with E-state index in [1.165, 1.54) is 0 Å². The lowest BCUT2D eigenvalue weighted by Gasteiger charge is -2.27. The summed E-state index contributed by atoms with van der Waals surface area (Å²) in [6, 6.07) is 4.68. The fourth-order valence-corrected chi connectivity index (χ4v) is 3.22. The third kappa shape index (κ3) is 2.10. The molecule has 3 aromatic rings. The Morgan fingerprint density at radius 3 is 2.91 bits per heavy atom. The molecule has 10 heteroatoms. The lowest BCUT2D eigenvalue weighted by Crippen LogP contribution is -2.29. The summed E-state index contributed by atoms with van der Waals surface area (Å²) >= 11 is 12.3. The molecule has 1 aliphatic heterocycles. The molecule has 0 radical (unpaired) electrons. The highest BCUT2D eigenvalue weighted by Gasteiger charge is 2.33. The normalized spacial score (nSPS) is 15.7. The largest absolute Gasteiger partial charge is 0.318 e. The Morgan fingerprint density at radius 2 is 2.13 bits per heavy atom. The first-order valence-electron chi connectivity index (χ1n) is 6.65. The monoisotopic (exact) mass is 349 g/mol. The number of halogens is 2. The van der Waals surface area contributed by atoms with Crippen LogP contribution in [0.25, 0.3) is 0 Å². The Bertz CT molecular complexity index is 981. The maximum atomic E-state index is 12.2. The van der Waals surface area contributed by atoms with Crippen molar-refractivity contribution in [2.75, 3.05) is 5.32 Å². The first kappa shape index (κ1) is 14.2. The molecule has 3 heterocycles. The topological polar surface area (TPSA) is 101 Å². The van der Waals surface area contributed by atoms with Crippen molar-refractivity contribution in [1.29, 1.82) is 0 Å². The van der Waals surface area contributed by atoms with Gasteiger partial charge in [0.2, 0.25) is 5.95 Å². The van der Waals surface area contributed by atoms with Gasteiger partial charge in [-0.05, 0) is 29.5 Å². The molecule has 4 rings (SSSR count). The van der Waals surface area contributed by atoms with Gasteiger partial charge in [0.1, 0.15) is 11.7 Å². The van der Waals surface area contributed by atoms with Crippen molar-refractivity contribution < 1.29 is 0 Å². The van der Waals surface area contributed by atoms with Gasteiger partial charge >= 0.3 is 0 Å². The first-order valence-corrected chi connectivity index (χ1v) is 7.41. The molecule has 116 valence electrons. The molecule has 2 N–H and O–H groups in total. The number of benzene rings is 1. The fourth-order valence-electron chi connectivity index (χ4n) is 2.71. The number of aromatic amines is 1. The van der Waals surface area contributed by atoms with Crippen LogP contribution in [0.1, 0.15) is 22.9 Å². The van der Waals surface area contributed by atoms with Crippen LogP contribution in [0.4, 0.5) is 11.6 Å². The molecule has 0 amide bonds. The SMILES string of the molecule is Cc1n[nH]c(=O)c2c1[C@H](c1ccc(Cl)cc1Cl)n1nnnc1N2. The standard InChI is InChI=1S/C13H9Cl2N7O/c1-5-9-10(12(23)18-17-5)16-13-19-20-21-22(13)11(9)7-3-2-6(14)4-8(7)15/h2-4,11H,1H3,(H,18,23)(H,16,19,21)/t11-/m0/s1. The Labute approximate surface area is 139 Å². The van der Waals surface area contributed by atoms with Crippen LogP contribution in [0.15, 0.2) is 23.0 Å².